The van der Waals surface area contributed by atoms with Gasteiger partial charge in [0.2, 0.25) is 5.91 Å². The van der Waals surface area contributed by atoms with Gasteiger partial charge in [0, 0.05) is 32.6 Å². The van der Waals surface area contributed by atoms with E-state index in [1.807, 2.05) is 4.57 Å². The molecule has 2 unspecified atom stereocenters. The Bertz CT molecular complexity index is 700. The number of likely N-dealkylation sites (tertiary alicyclic amines) is 1. The van der Waals surface area contributed by atoms with Crippen LogP contribution in [0.4, 0.5) is 0 Å². The normalized spacial score (nSPS) is 29.3. The summed E-state index contributed by atoms with van der Waals surface area (Å²) in [6.45, 7) is 6.37. The van der Waals surface area contributed by atoms with Crippen LogP contribution in [0.5, 0.6) is 0 Å². The van der Waals surface area contributed by atoms with Crippen LogP contribution in [0.3, 0.4) is 0 Å². The Morgan fingerprint density at radius 1 is 1.38 bits per heavy atom. The summed E-state index contributed by atoms with van der Waals surface area (Å²) in [4.78, 5) is 31.5. The molecular weight excluding hydrogens is 330 g/mol. The Kier molecular flexibility index (Phi) is 4.73. The Balaban J connectivity index is 1.37. The summed E-state index contributed by atoms with van der Waals surface area (Å²) in [5, 5.41) is 6.12. The summed E-state index contributed by atoms with van der Waals surface area (Å²) >= 11 is 0. The first kappa shape index (κ1) is 17.5. The van der Waals surface area contributed by atoms with Gasteiger partial charge in [-0.25, -0.2) is 4.98 Å². The number of hydrogen-bond donors (Lipinski definition) is 2. The highest BCUT2D eigenvalue weighted by Crippen LogP contribution is 2.31. The highest BCUT2D eigenvalue weighted by molar-refractivity contribution is 5.92. The number of aryl methyl sites for hydroxylation is 1. The average molecular weight is 359 g/mol. The third-order valence-corrected chi connectivity index (χ3v) is 6.14. The van der Waals surface area contributed by atoms with E-state index in [0.29, 0.717) is 12.2 Å². The van der Waals surface area contributed by atoms with Gasteiger partial charge >= 0.3 is 0 Å². The van der Waals surface area contributed by atoms with Gasteiger partial charge in [-0.2, -0.15) is 0 Å². The van der Waals surface area contributed by atoms with Crippen LogP contribution < -0.4 is 10.6 Å². The summed E-state index contributed by atoms with van der Waals surface area (Å²) in [5.74, 6) is 1.16. The maximum absolute atomic E-state index is 12.6. The number of carbonyl (C=O) groups excluding carboxylic acids is 2. The maximum Gasteiger partial charge on any atom is 0.269 e. The molecule has 0 aliphatic carbocycles. The molecule has 4 rings (SSSR count). The van der Waals surface area contributed by atoms with E-state index in [0.717, 1.165) is 70.5 Å². The molecule has 2 amide bonds. The summed E-state index contributed by atoms with van der Waals surface area (Å²) < 4.78 is 2.04. The van der Waals surface area contributed by atoms with Crippen LogP contribution in [-0.2, 0) is 17.8 Å². The van der Waals surface area contributed by atoms with E-state index in [4.69, 9.17) is 0 Å². The number of aromatic nitrogens is 2. The molecule has 0 saturated carbocycles. The molecule has 7 heteroatoms. The molecule has 2 N–H and O–H groups in total. The van der Waals surface area contributed by atoms with Crippen molar-refractivity contribution in [3.8, 4) is 0 Å². The first-order valence-electron chi connectivity index (χ1n) is 9.90. The molecule has 0 bridgehead atoms. The second-order valence-electron chi connectivity index (χ2n) is 8.33. The number of rotatable bonds is 4. The molecule has 0 spiro atoms. The summed E-state index contributed by atoms with van der Waals surface area (Å²) in [6, 6.07) is -0.00262. The van der Waals surface area contributed by atoms with Crippen LogP contribution in [0.2, 0.25) is 0 Å². The minimum Gasteiger partial charge on any atom is -0.355 e. The highest BCUT2D eigenvalue weighted by Gasteiger charge is 2.37. The fraction of sp³-hybridized carbons (Fsp3) is 0.737. The molecule has 2 fully saturated rings. The van der Waals surface area contributed by atoms with Gasteiger partial charge in [-0.15, -0.1) is 0 Å². The van der Waals surface area contributed by atoms with Gasteiger partial charge in [-0.3, -0.25) is 14.5 Å². The number of nitrogens with one attached hydrogen (secondary N) is 2. The molecule has 2 atom stereocenters. The zero-order valence-corrected chi connectivity index (χ0v) is 15.6. The van der Waals surface area contributed by atoms with Crippen molar-refractivity contribution >= 4 is 11.8 Å². The Hall–Kier alpha value is -1.89. The van der Waals surface area contributed by atoms with Crippen LogP contribution in [0.15, 0.2) is 6.20 Å². The van der Waals surface area contributed by atoms with Crippen molar-refractivity contribution in [3.63, 3.8) is 0 Å². The quantitative estimate of drug-likeness (QED) is 0.839. The van der Waals surface area contributed by atoms with Gasteiger partial charge in [-0.1, -0.05) is 6.92 Å². The second kappa shape index (κ2) is 7.02. The zero-order valence-electron chi connectivity index (χ0n) is 15.6. The van der Waals surface area contributed by atoms with Crippen LogP contribution in [0.1, 0.15) is 55.3 Å². The molecule has 26 heavy (non-hydrogen) atoms. The summed E-state index contributed by atoms with van der Waals surface area (Å²) in [7, 11) is 0. The third kappa shape index (κ3) is 3.37. The van der Waals surface area contributed by atoms with Gasteiger partial charge in [0.05, 0.1) is 12.2 Å². The molecule has 0 aromatic carbocycles. The van der Waals surface area contributed by atoms with Crippen molar-refractivity contribution in [3.05, 3.63) is 17.7 Å². The van der Waals surface area contributed by atoms with E-state index < -0.39 is 0 Å². The summed E-state index contributed by atoms with van der Waals surface area (Å²) in [5.41, 5.74) is 0.680. The lowest BCUT2D eigenvalue weighted by atomic mass is 9.80. The monoisotopic (exact) mass is 359 g/mol. The standard InChI is InChI=1S/C19H29N5O2/c1-19(7-4-9-23(13-19)14-5-2-8-20-17(14)25)12-22-18(26)15-11-21-16-6-3-10-24(15)16/h11,14H,2-10,12-13H2,1H3,(H,20,25)(H,22,26). The topological polar surface area (TPSA) is 79.3 Å². The lowest BCUT2D eigenvalue weighted by molar-refractivity contribution is -0.129. The zero-order chi connectivity index (χ0) is 18.1. The minimum absolute atomic E-state index is 0.000498. The predicted molar refractivity (Wildman–Crippen MR) is 97.8 cm³/mol. The van der Waals surface area contributed by atoms with E-state index in [2.05, 4.69) is 27.4 Å². The minimum atomic E-state index is -0.0283. The molecule has 0 radical (unpaired) electrons. The van der Waals surface area contributed by atoms with Gasteiger partial charge in [0.15, 0.2) is 0 Å². The molecule has 3 aliphatic rings. The number of hydrogen-bond acceptors (Lipinski definition) is 4. The van der Waals surface area contributed by atoms with E-state index in [-0.39, 0.29) is 23.3 Å². The first-order valence-corrected chi connectivity index (χ1v) is 9.90. The van der Waals surface area contributed by atoms with Crippen molar-refractivity contribution in [2.24, 2.45) is 5.41 Å². The highest BCUT2D eigenvalue weighted by atomic mass is 16.2. The first-order chi connectivity index (χ1) is 12.6. The molecule has 4 heterocycles. The van der Waals surface area contributed by atoms with Crippen molar-refractivity contribution in [2.45, 2.75) is 58.0 Å². The lowest BCUT2D eigenvalue weighted by Gasteiger charge is -2.44. The van der Waals surface area contributed by atoms with E-state index in [1.54, 1.807) is 6.20 Å². The Labute approximate surface area is 154 Å². The Morgan fingerprint density at radius 2 is 2.27 bits per heavy atom. The number of imidazole rings is 1. The van der Waals surface area contributed by atoms with Crippen LogP contribution >= 0.6 is 0 Å². The number of nitrogens with zero attached hydrogens (tertiary/aromatic N) is 3. The largest absolute Gasteiger partial charge is 0.355 e. The lowest BCUT2D eigenvalue weighted by Crippen LogP contribution is -2.56. The average Bonchev–Trinajstić information content (AvgIpc) is 3.24. The fourth-order valence-electron chi connectivity index (χ4n) is 4.70. The van der Waals surface area contributed by atoms with Gasteiger partial charge in [0.25, 0.3) is 5.91 Å². The second-order valence-corrected chi connectivity index (χ2v) is 8.33. The molecule has 142 valence electrons. The van der Waals surface area contributed by atoms with Crippen molar-refractivity contribution in [2.75, 3.05) is 26.2 Å². The summed E-state index contributed by atoms with van der Waals surface area (Å²) in [6.07, 6.45) is 7.86. The van der Waals surface area contributed by atoms with Crippen molar-refractivity contribution in [1.29, 1.82) is 0 Å². The van der Waals surface area contributed by atoms with Gasteiger partial charge in [0.1, 0.15) is 11.5 Å². The molecule has 1 aromatic heterocycles. The molecule has 2 saturated heterocycles. The predicted octanol–water partition coefficient (Wildman–Crippen LogP) is 0.940. The van der Waals surface area contributed by atoms with Crippen LogP contribution in [0, 0.1) is 5.41 Å². The van der Waals surface area contributed by atoms with Gasteiger partial charge in [-0.05, 0) is 44.1 Å². The van der Waals surface area contributed by atoms with Crippen LogP contribution in [-0.4, -0.2) is 58.5 Å². The maximum atomic E-state index is 12.6. The number of carbonyl (C=O) groups is 2. The third-order valence-electron chi connectivity index (χ3n) is 6.14. The van der Waals surface area contributed by atoms with E-state index >= 15 is 0 Å². The smallest absolute Gasteiger partial charge is 0.269 e. The molecule has 1 aromatic rings. The molecule has 3 aliphatic heterocycles. The van der Waals surface area contributed by atoms with E-state index in [9.17, 15) is 9.59 Å². The van der Waals surface area contributed by atoms with Crippen molar-refractivity contribution in [1.82, 2.24) is 25.1 Å². The SMILES string of the molecule is CC1(CNC(=O)c2cnc3n2CCC3)CCCN(C2CCCNC2=O)C1. The van der Waals surface area contributed by atoms with Crippen molar-refractivity contribution < 1.29 is 9.59 Å². The Morgan fingerprint density at radius 3 is 3.12 bits per heavy atom. The van der Waals surface area contributed by atoms with E-state index in [1.165, 1.54) is 0 Å². The number of fused-ring (bicyclic) bond motifs is 1. The number of piperidine rings is 2. The molecular formula is C19H29N5O2. The van der Waals surface area contributed by atoms with Gasteiger partial charge < -0.3 is 15.2 Å². The van der Waals surface area contributed by atoms with Crippen LogP contribution in [0.25, 0.3) is 0 Å². The fourth-order valence-corrected chi connectivity index (χ4v) is 4.70. The molecule has 7 nitrogen and oxygen atoms in total. The number of amides is 2.